The van der Waals surface area contributed by atoms with Crippen LogP contribution in [0.4, 0.5) is 0 Å². The van der Waals surface area contributed by atoms with Crippen LogP contribution in [0.3, 0.4) is 0 Å². The van der Waals surface area contributed by atoms with Gasteiger partial charge >= 0.3 is 0 Å². The Kier molecular flexibility index (Phi) is 5.20. The van der Waals surface area contributed by atoms with Gasteiger partial charge in [0, 0.05) is 6.54 Å². The zero-order valence-corrected chi connectivity index (χ0v) is 9.99. The van der Waals surface area contributed by atoms with Crippen molar-refractivity contribution in [3.63, 3.8) is 0 Å². The molecule has 0 saturated heterocycles. The van der Waals surface area contributed by atoms with Gasteiger partial charge in [-0.2, -0.15) is 0 Å². The summed E-state index contributed by atoms with van der Waals surface area (Å²) < 4.78 is 5.09. The Labute approximate surface area is 97.6 Å². The molecule has 0 amide bonds. The van der Waals surface area contributed by atoms with Crippen molar-refractivity contribution in [1.29, 1.82) is 0 Å². The summed E-state index contributed by atoms with van der Waals surface area (Å²) in [6, 6.07) is 8.03. The molecule has 1 N–H and O–H groups in total. The third-order valence-electron chi connectivity index (χ3n) is 2.36. The van der Waals surface area contributed by atoms with Crippen molar-refractivity contribution in [2.75, 3.05) is 7.11 Å². The van der Waals surface area contributed by atoms with Crippen molar-refractivity contribution in [1.82, 2.24) is 5.32 Å². The fraction of sp³-hybridized carbons (Fsp3) is 0.286. The Morgan fingerprint density at radius 1 is 1.38 bits per heavy atom. The van der Waals surface area contributed by atoms with Crippen LogP contribution in [-0.2, 0) is 6.54 Å². The maximum atomic E-state index is 5.09. The highest BCUT2D eigenvalue weighted by molar-refractivity contribution is 5.27. The van der Waals surface area contributed by atoms with E-state index in [2.05, 4.69) is 18.8 Å². The zero-order valence-electron chi connectivity index (χ0n) is 9.99. The number of nitrogens with one attached hydrogen (secondary N) is 1. The largest absolute Gasteiger partial charge is 0.497 e. The molecule has 0 aromatic heterocycles. The topological polar surface area (TPSA) is 21.3 Å². The Balaban J connectivity index is 2.37. The molecule has 0 aliphatic carbocycles. The minimum Gasteiger partial charge on any atom is -0.497 e. The monoisotopic (exact) mass is 217 g/mol. The summed E-state index contributed by atoms with van der Waals surface area (Å²) in [5.74, 6) is 0.888. The summed E-state index contributed by atoms with van der Waals surface area (Å²) in [5.41, 5.74) is 2.36. The van der Waals surface area contributed by atoms with Crippen molar-refractivity contribution in [2.24, 2.45) is 0 Å². The molecule has 0 spiro atoms. The van der Waals surface area contributed by atoms with E-state index in [0.29, 0.717) is 0 Å². The SMILES string of the molecule is C=C(/C=C\NCc1ccc(OC)cc1)CC. The molecule has 0 atom stereocenters. The molecule has 1 aromatic rings. The summed E-state index contributed by atoms with van der Waals surface area (Å²) in [6.45, 7) is 6.81. The van der Waals surface area contributed by atoms with Crippen molar-refractivity contribution < 1.29 is 4.74 Å². The van der Waals surface area contributed by atoms with Crippen LogP contribution in [0.15, 0.2) is 48.7 Å². The first-order valence-electron chi connectivity index (χ1n) is 5.47. The average Bonchev–Trinajstić information content (AvgIpc) is 2.35. The third-order valence-corrected chi connectivity index (χ3v) is 2.36. The van der Waals surface area contributed by atoms with Crippen LogP contribution in [-0.4, -0.2) is 7.11 Å². The quantitative estimate of drug-likeness (QED) is 0.738. The molecule has 0 radical (unpaired) electrons. The molecule has 86 valence electrons. The van der Waals surface area contributed by atoms with Gasteiger partial charge in [-0.25, -0.2) is 0 Å². The lowest BCUT2D eigenvalue weighted by Gasteiger charge is -2.03. The molecule has 0 unspecified atom stereocenters. The maximum absolute atomic E-state index is 5.09. The number of allylic oxidation sites excluding steroid dienone is 2. The molecular formula is C14H19NO. The first kappa shape index (κ1) is 12.4. The maximum Gasteiger partial charge on any atom is 0.118 e. The van der Waals surface area contributed by atoms with Crippen LogP contribution in [0.25, 0.3) is 0 Å². The number of methoxy groups -OCH3 is 1. The van der Waals surface area contributed by atoms with E-state index in [0.717, 1.165) is 24.3 Å². The summed E-state index contributed by atoms with van der Waals surface area (Å²) in [6.07, 6.45) is 4.93. The second-order valence-corrected chi connectivity index (χ2v) is 3.57. The molecular weight excluding hydrogens is 198 g/mol. The van der Waals surface area contributed by atoms with Crippen LogP contribution in [0.2, 0.25) is 0 Å². The molecule has 16 heavy (non-hydrogen) atoms. The summed E-state index contributed by atoms with van der Waals surface area (Å²) in [4.78, 5) is 0. The average molecular weight is 217 g/mol. The van der Waals surface area contributed by atoms with Crippen LogP contribution in [0.5, 0.6) is 5.75 Å². The summed E-state index contributed by atoms with van der Waals surface area (Å²) >= 11 is 0. The van der Waals surface area contributed by atoms with E-state index in [-0.39, 0.29) is 0 Å². The Bertz CT molecular complexity index is 352. The smallest absolute Gasteiger partial charge is 0.118 e. The second-order valence-electron chi connectivity index (χ2n) is 3.57. The number of hydrogen-bond donors (Lipinski definition) is 1. The van der Waals surface area contributed by atoms with Gasteiger partial charge in [0.15, 0.2) is 0 Å². The number of hydrogen-bond acceptors (Lipinski definition) is 2. The lowest BCUT2D eigenvalue weighted by atomic mass is 10.2. The molecule has 1 rings (SSSR count). The lowest BCUT2D eigenvalue weighted by molar-refractivity contribution is 0.414. The molecule has 1 aromatic carbocycles. The van der Waals surface area contributed by atoms with Gasteiger partial charge < -0.3 is 10.1 Å². The predicted octanol–water partition coefficient (Wildman–Crippen LogP) is 3.26. The Hall–Kier alpha value is -1.70. The van der Waals surface area contributed by atoms with E-state index in [4.69, 9.17) is 4.74 Å². The van der Waals surface area contributed by atoms with Gasteiger partial charge in [-0.05, 0) is 36.4 Å². The highest BCUT2D eigenvalue weighted by Crippen LogP contribution is 2.10. The van der Waals surface area contributed by atoms with Crippen LogP contribution >= 0.6 is 0 Å². The van der Waals surface area contributed by atoms with Crippen molar-refractivity contribution >= 4 is 0 Å². The molecule has 0 fully saturated rings. The Morgan fingerprint density at radius 3 is 2.62 bits per heavy atom. The van der Waals surface area contributed by atoms with Gasteiger partial charge in [-0.15, -0.1) is 0 Å². The predicted molar refractivity (Wildman–Crippen MR) is 68.4 cm³/mol. The first-order chi connectivity index (χ1) is 7.76. The van der Waals surface area contributed by atoms with Gasteiger partial charge in [0.25, 0.3) is 0 Å². The molecule has 0 aliphatic heterocycles. The molecule has 0 saturated carbocycles. The van der Waals surface area contributed by atoms with Gasteiger partial charge in [-0.1, -0.05) is 31.2 Å². The van der Waals surface area contributed by atoms with Gasteiger partial charge in [0.2, 0.25) is 0 Å². The molecule has 0 bridgehead atoms. The zero-order chi connectivity index (χ0) is 11.8. The molecule has 0 aliphatic rings. The van der Waals surface area contributed by atoms with Gasteiger partial charge in [0.05, 0.1) is 7.11 Å². The van der Waals surface area contributed by atoms with Crippen LogP contribution < -0.4 is 10.1 Å². The standard InChI is InChI=1S/C14H19NO/c1-4-12(2)9-10-15-11-13-5-7-14(16-3)8-6-13/h5-10,15H,2,4,11H2,1,3H3/b10-9-. The number of ether oxygens (including phenoxy) is 1. The number of rotatable bonds is 6. The summed E-state index contributed by atoms with van der Waals surface area (Å²) in [7, 11) is 1.67. The van der Waals surface area contributed by atoms with E-state index >= 15 is 0 Å². The lowest BCUT2D eigenvalue weighted by Crippen LogP contribution is -2.04. The van der Waals surface area contributed by atoms with Crippen molar-refractivity contribution in [3.8, 4) is 5.75 Å². The third kappa shape index (κ3) is 4.22. The fourth-order valence-electron chi connectivity index (χ4n) is 1.21. The van der Waals surface area contributed by atoms with Crippen LogP contribution in [0, 0.1) is 0 Å². The molecule has 2 nitrogen and oxygen atoms in total. The molecule has 0 heterocycles. The van der Waals surface area contributed by atoms with E-state index in [1.807, 2.05) is 36.5 Å². The second kappa shape index (κ2) is 6.72. The normalized spacial score (nSPS) is 10.4. The van der Waals surface area contributed by atoms with E-state index in [1.165, 1.54) is 5.56 Å². The number of benzene rings is 1. The highest BCUT2D eigenvalue weighted by atomic mass is 16.5. The van der Waals surface area contributed by atoms with Crippen LogP contribution in [0.1, 0.15) is 18.9 Å². The fourth-order valence-corrected chi connectivity index (χ4v) is 1.21. The summed E-state index contributed by atoms with van der Waals surface area (Å²) in [5, 5.41) is 3.22. The van der Waals surface area contributed by atoms with E-state index in [9.17, 15) is 0 Å². The van der Waals surface area contributed by atoms with E-state index in [1.54, 1.807) is 7.11 Å². The minimum atomic E-state index is 0.817. The highest BCUT2D eigenvalue weighted by Gasteiger charge is 1.92. The minimum absolute atomic E-state index is 0.817. The van der Waals surface area contributed by atoms with E-state index < -0.39 is 0 Å². The molecule has 2 heteroatoms. The first-order valence-corrected chi connectivity index (χ1v) is 5.47. The van der Waals surface area contributed by atoms with Gasteiger partial charge in [0.1, 0.15) is 5.75 Å². The van der Waals surface area contributed by atoms with Crippen molar-refractivity contribution in [3.05, 3.63) is 54.3 Å². The van der Waals surface area contributed by atoms with Gasteiger partial charge in [-0.3, -0.25) is 0 Å². The Morgan fingerprint density at radius 2 is 2.06 bits per heavy atom. The van der Waals surface area contributed by atoms with Crippen molar-refractivity contribution in [2.45, 2.75) is 19.9 Å².